The largest absolute Gasteiger partial charge is 0.326 e. The molecule has 0 aliphatic heterocycles. The maximum absolute atomic E-state index is 9.41. The zero-order chi connectivity index (χ0) is 39.3. The van der Waals surface area contributed by atoms with E-state index in [2.05, 4.69) is 182 Å². The van der Waals surface area contributed by atoms with Crippen LogP contribution in [0.25, 0.3) is 72.3 Å². The van der Waals surface area contributed by atoms with Crippen LogP contribution in [-0.2, 0) is 6.54 Å². The van der Waals surface area contributed by atoms with Gasteiger partial charge < -0.3 is 9.47 Å². The molecule has 0 bridgehead atoms. The lowest BCUT2D eigenvalue weighted by atomic mass is 10.0. The second-order valence-corrected chi connectivity index (χ2v) is 15.1. The Morgan fingerprint density at radius 1 is 0.508 bits per heavy atom. The fourth-order valence-corrected chi connectivity index (χ4v) is 8.97. The van der Waals surface area contributed by atoms with E-state index in [1.54, 1.807) is 0 Å². The summed E-state index contributed by atoms with van der Waals surface area (Å²) >= 11 is 0. The molecule has 6 heteroatoms. The fourth-order valence-electron chi connectivity index (χ4n) is 8.97. The summed E-state index contributed by atoms with van der Waals surface area (Å²) in [5, 5.41) is 13.0. The van der Waals surface area contributed by atoms with E-state index in [1.165, 1.54) is 27.5 Å². The average molecular weight is 761 g/mol. The second-order valence-electron chi connectivity index (χ2n) is 15.1. The van der Waals surface area contributed by atoms with Crippen molar-refractivity contribution in [3.63, 3.8) is 0 Å². The maximum Gasteiger partial charge on any atom is 0.165 e. The van der Waals surface area contributed by atoms with Crippen molar-refractivity contribution in [2.75, 3.05) is 0 Å². The number of rotatable bonds is 8. The monoisotopic (exact) mass is 760 g/mol. The first-order valence-corrected chi connectivity index (χ1v) is 20.2. The molecular weight excluding hydrogens is 721 g/mol. The van der Waals surface area contributed by atoms with Gasteiger partial charge in [0.15, 0.2) is 5.65 Å². The summed E-state index contributed by atoms with van der Waals surface area (Å²) in [6.45, 7) is 0.624. The smallest absolute Gasteiger partial charge is 0.165 e. The van der Waals surface area contributed by atoms with Crippen LogP contribution in [0.2, 0.25) is 0 Å². The highest BCUT2D eigenvalue weighted by Gasteiger charge is 2.28. The van der Waals surface area contributed by atoms with Crippen molar-refractivity contribution in [3.05, 3.63) is 217 Å². The van der Waals surface area contributed by atoms with Crippen LogP contribution in [0.15, 0.2) is 206 Å². The number of fused-ring (bicyclic) bond motifs is 7. The molecule has 1 aliphatic carbocycles. The van der Waals surface area contributed by atoms with Gasteiger partial charge in [0, 0.05) is 56.6 Å². The van der Waals surface area contributed by atoms with Gasteiger partial charge in [0.2, 0.25) is 0 Å². The molecule has 1 N–H and O–H groups in total. The van der Waals surface area contributed by atoms with Crippen molar-refractivity contribution in [3.8, 4) is 22.8 Å². The number of para-hydroxylation sites is 3. The topological polar surface area (TPSA) is 54.8 Å². The van der Waals surface area contributed by atoms with Crippen LogP contribution in [0.1, 0.15) is 24.0 Å². The Labute approximate surface area is 342 Å². The number of hydrogen-bond acceptors (Lipinski definition) is 2. The third-order valence-electron chi connectivity index (χ3n) is 11.7. The first-order chi connectivity index (χ1) is 29.2. The highest BCUT2D eigenvalue weighted by molar-refractivity contribution is 6.23. The molecule has 0 unspecified atom stereocenters. The second kappa shape index (κ2) is 14.4. The molecule has 3 aromatic heterocycles. The van der Waals surface area contributed by atoms with Crippen LogP contribution in [0, 0.1) is 5.41 Å². The van der Waals surface area contributed by atoms with Gasteiger partial charge in [-0.2, -0.15) is 0 Å². The Balaban J connectivity index is 1.18. The van der Waals surface area contributed by atoms with Gasteiger partial charge in [-0.25, -0.2) is 4.98 Å². The van der Waals surface area contributed by atoms with Crippen LogP contribution in [0.5, 0.6) is 0 Å². The molecule has 0 radical (unpaired) electrons. The highest BCUT2D eigenvalue weighted by Crippen LogP contribution is 2.44. The summed E-state index contributed by atoms with van der Waals surface area (Å²) in [6, 6.07) is 65.7. The minimum atomic E-state index is 0.504. The molecule has 3 heterocycles. The van der Waals surface area contributed by atoms with Crippen molar-refractivity contribution in [1.29, 1.82) is 5.41 Å². The van der Waals surface area contributed by atoms with E-state index in [0.29, 0.717) is 12.4 Å². The van der Waals surface area contributed by atoms with Crippen molar-refractivity contribution in [2.24, 2.45) is 0 Å². The van der Waals surface area contributed by atoms with Gasteiger partial charge in [0.1, 0.15) is 17.2 Å². The summed E-state index contributed by atoms with van der Waals surface area (Å²) < 4.78 is 7.21. The van der Waals surface area contributed by atoms with E-state index >= 15 is 0 Å². The van der Waals surface area contributed by atoms with Crippen LogP contribution < -0.4 is 0 Å². The first kappa shape index (κ1) is 34.5. The Morgan fingerprint density at radius 2 is 1.08 bits per heavy atom. The number of imidazole rings is 1. The zero-order valence-electron chi connectivity index (χ0n) is 32.4. The normalized spacial score (nSPS) is 12.9. The van der Waals surface area contributed by atoms with Gasteiger partial charge >= 0.3 is 0 Å². The SMILES string of the molecule is N=C(c1ccccc1)N(Cc1ccccc1)C1=CC=C(n2c3ccccc3c3ccc4c5c(nc(-c6ccccc6)n5-c5ccccc5)n(-c5ccccc5)c4c32)CC1. The van der Waals surface area contributed by atoms with Crippen molar-refractivity contribution in [2.45, 2.75) is 19.4 Å². The van der Waals surface area contributed by atoms with Gasteiger partial charge in [-0.15, -0.1) is 0 Å². The van der Waals surface area contributed by atoms with Crippen LogP contribution in [0.3, 0.4) is 0 Å². The molecule has 0 spiro atoms. The molecule has 0 atom stereocenters. The molecule has 282 valence electrons. The van der Waals surface area contributed by atoms with E-state index in [9.17, 15) is 5.41 Å². The first-order valence-electron chi connectivity index (χ1n) is 20.2. The van der Waals surface area contributed by atoms with Crippen LogP contribution in [0.4, 0.5) is 0 Å². The quantitative estimate of drug-likeness (QED) is 0.124. The highest BCUT2D eigenvalue weighted by atomic mass is 15.2. The zero-order valence-corrected chi connectivity index (χ0v) is 32.4. The number of aromatic nitrogens is 4. The van der Waals surface area contributed by atoms with Gasteiger partial charge in [-0.3, -0.25) is 14.5 Å². The van der Waals surface area contributed by atoms with Crippen LogP contribution in [-0.4, -0.2) is 29.4 Å². The molecule has 0 saturated heterocycles. The van der Waals surface area contributed by atoms with E-state index < -0.39 is 0 Å². The minimum Gasteiger partial charge on any atom is -0.326 e. The number of benzene rings is 7. The minimum absolute atomic E-state index is 0.504. The molecule has 10 aromatic rings. The maximum atomic E-state index is 9.41. The molecule has 59 heavy (non-hydrogen) atoms. The Morgan fingerprint density at radius 3 is 1.76 bits per heavy atom. The molecular formula is C53H40N6. The van der Waals surface area contributed by atoms with Crippen molar-refractivity contribution in [1.82, 2.24) is 23.6 Å². The lowest BCUT2D eigenvalue weighted by Crippen LogP contribution is -2.30. The van der Waals surface area contributed by atoms with E-state index in [0.717, 1.165) is 74.4 Å². The van der Waals surface area contributed by atoms with Crippen molar-refractivity contribution < 1.29 is 0 Å². The van der Waals surface area contributed by atoms with Gasteiger partial charge in [-0.05, 0) is 67.0 Å². The molecule has 7 aromatic carbocycles. The number of allylic oxidation sites excluding steroid dienone is 4. The number of hydrogen-bond donors (Lipinski definition) is 1. The average Bonchev–Trinajstić information content (AvgIpc) is 3.97. The summed E-state index contributed by atoms with van der Waals surface area (Å²) in [5.41, 5.74) is 13.0. The molecule has 1 aliphatic rings. The third kappa shape index (κ3) is 5.79. The predicted molar refractivity (Wildman–Crippen MR) is 243 cm³/mol. The predicted octanol–water partition coefficient (Wildman–Crippen LogP) is 12.8. The molecule has 0 fully saturated rings. The summed E-state index contributed by atoms with van der Waals surface area (Å²) in [5.74, 6) is 1.41. The third-order valence-corrected chi connectivity index (χ3v) is 11.7. The molecule has 0 amide bonds. The molecule has 0 saturated carbocycles. The fraction of sp³-hybridized carbons (Fsp3) is 0.0566. The van der Waals surface area contributed by atoms with E-state index in [-0.39, 0.29) is 0 Å². The lowest BCUT2D eigenvalue weighted by molar-refractivity contribution is 0.481. The van der Waals surface area contributed by atoms with Gasteiger partial charge in [0.25, 0.3) is 0 Å². The van der Waals surface area contributed by atoms with Gasteiger partial charge in [-0.1, -0.05) is 152 Å². The standard InChI is InChI=1S/C53H40N6/c54-51(38-20-8-2-9-21-38)56(36-37-18-6-1-7-19-37)40-30-32-43(33-31-40)57-47-29-17-16-28-44(47)45-34-35-46-49(48(45)57)58(41-24-12-4-13-25-41)53-50(46)59(42-26-14-5-15-27-42)52(55-53)39-22-10-3-11-23-39/h1-30,32,34-35,54H,31,33,36H2. The number of nitrogens with one attached hydrogen (secondary N) is 1. The van der Waals surface area contributed by atoms with Crippen molar-refractivity contribution >= 4 is 55.4 Å². The van der Waals surface area contributed by atoms with E-state index in [1.807, 2.05) is 36.4 Å². The number of nitrogens with zero attached hydrogens (tertiary/aromatic N) is 5. The lowest BCUT2D eigenvalue weighted by Gasteiger charge is -2.30. The summed E-state index contributed by atoms with van der Waals surface area (Å²) in [4.78, 5) is 7.72. The Bertz CT molecular complexity index is 3230. The van der Waals surface area contributed by atoms with Crippen LogP contribution >= 0.6 is 0 Å². The molecule has 11 rings (SSSR count). The Hall–Kier alpha value is -7.70. The van der Waals surface area contributed by atoms with E-state index in [4.69, 9.17) is 4.98 Å². The number of amidine groups is 1. The molecule has 6 nitrogen and oxygen atoms in total. The summed E-state index contributed by atoms with van der Waals surface area (Å²) in [6.07, 6.45) is 6.12. The van der Waals surface area contributed by atoms with Gasteiger partial charge in [0.05, 0.1) is 16.6 Å². The Kier molecular flexibility index (Phi) is 8.40. The summed E-state index contributed by atoms with van der Waals surface area (Å²) in [7, 11) is 0.